The quantitative estimate of drug-likeness (QED) is 0.0101. The molecule has 3 aliphatic rings. The lowest BCUT2D eigenvalue weighted by atomic mass is 9.80. The van der Waals surface area contributed by atoms with Crippen LogP contribution < -0.4 is 9.80 Å². The number of hydrogen-bond donors (Lipinski definition) is 4. The molecule has 0 fully saturated rings. The van der Waals surface area contributed by atoms with Crippen molar-refractivity contribution in [2.45, 2.75) is 114 Å². The third-order valence-corrected chi connectivity index (χ3v) is 16.8. The number of carbonyl (C=O) groups excluding carboxylic acids is 1. The number of anilines is 2. The molecule has 71 heavy (non-hydrogen) atoms. The van der Waals surface area contributed by atoms with Gasteiger partial charge in [-0.2, -0.15) is 21.4 Å². The molecule has 0 aromatic heterocycles. The van der Waals surface area contributed by atoms with E-state index in [1.807, 2.05) is 24.3 Å². The van der Waals surface area contributed by atoms with Crippen molar-refractivity contribution in [1.82, 2.24) is 0 Å². The van der Waals surface area contributed by atoms with Gasteiger partial charge in [0.15, 0.2) is 5.71 Å². The van der Waals surface area contributed by atoms with Crippen LogP contribution in [0.5, 0.6) is 0 Å². The van der Waals surface area contributed by atoms with Gasteiger partial charge in [0.2, 0.25) is 5.69 Å². The fourth-order valence-corrected chi connectivity index (χ4v) is 12.0. The van der Waals surface area contributed by atoms with Crippen molar-refractivity contribution < 1.29 is 64.6 Å². The van der Waals surface area contributed by atoms with Crippen LogP contribution in [0.4, 0.5) is 17.1 Å². The number of fused-ring (bicyclic) bond motifs is 4. The van der Waals surface area contributed by atoms with Crippen LogP contribution in [0.25, 0.3) is 10.8 Å². The predicted molar refractivity (Wildman–Crippen MR) is 282 cm³/mol. The lowest BCUT2D eigenvalue weighted by Gasteiger charge is -2.27. The summed E-state index contributed by atoms with van der Waals surface area (Å²) in [7, 11) is -8.59. The Morgan fingerprint density at radius 1 is 0.817 bits per heavy atom. The summed E-state index contributed by atoms with van der Waals surface area (Å²) >= 11 is 9.34. The highest BCUT2D eigenvalue weighted by atomic mass is 35.5. The molecule has 0 spiro atoms. The van der Waals surface area contributed by atoms with E-state index in [0.29, 0.717) is 60.8 Å². The molecule has 3 aromatic carbocycles. The third-order valence-electron chi connectivity index (χ3n) is 13.4. The summed E-state index contributed by atoms with van der Waals surface area (Å²) in [4.78, 5) is 15.4. The van der Waals surface area contributed by atoms with Gasteiger partial charge in [-0.1, -0.05) is 72.7 Å². The zero-order chi connectivity index (χ0) is 51.4. The lowest BCUT2D eigenvalue weighted by molar-refractivity contribution is -0.437. The summed E-state index contributed by atoms with van der Waals surface area (Å²) in [5.41, 5.74) is 7.96. The number of rotatable bonds is 28. The highest BCUT2D eigenvalue weighted by Crippen LogP contribution is 2.51. The average molecular weight is 1080 g/mol. The van der Waals surface area contributed by atoms with Crippen molar-refractivity contribution in [2.75, 3.05) is 53.2 Å². The average Bonchev–Trinajstić information content (AvgIpc) is 3.67. The monoisotopic (exact) mass is 1080 g/mol. The molecule has 0 unspecified atom stereocenters. The number of nitrogens with zero attached hydrogens (tertiary/aromatic N) is 3. The molecule has 1 aliphatic carbocycles. The minimum atomic E-state index is -4.39. The molecule has 4 N–H and O–H groups in total. The number of benzene rings is 3. The van der Waals surface area contributed by atoms with Gasteiger partial charge in [0.1, 0.15) is 12.8 Å². The molecule has 2 aliphatic heterocycles. The van der Waals surface area contributed by atoms with Crippen LogP contribution in [0.2, 0.25) is 0 Å². The molecule has 16 nitrogen and oxygen atoms in total. The number of unbranched alkanes of at least 4 members (excludes halogenated alkanes) is 4. The maximum atomic E-state index is 12.1. The van der Waals surface area contributed by atoms with Crippen molar-refractivity contribution in [3.05, 3.63) is 106 Å². The Morgan fingerprint density at radius 3 is 2.18 bits per heavy atom. The third kappa shape index (κ3) is 14.4. The van der Waals surface area contributed by atoms with Crippen LogP contribution in [0.3, 0.4) is 0 Å². The Bertz CT molecular complexity index is 2760. The van der Waals surface area contributed by atoms with Crippen LogP contribution in [0, 0.1) is 0 Å². The molecule has 0 saturated carbocycles. The normalized spacial score (nSPS) is 17.9. The highest BCUT2D eigenvalue weighted by molar-refractivity contribution is 7.94. The number of halogens is 1. The van der Waals surface area contributed by atoms with Gasteiger partial charge in [-0.05, 0) is 123 Å². The maximum absolute atomic E-state index is 12.1. The minimum absolute atomic E-state index is 0.159. The molecule has 6 rings (SSSR count). The topological polar surface area (TPSA) is 213 Å². The molecule has 2 heterocycles. The lowest BCUT2D eigenvalue weighted by Crippen LogP contribution is -2.29. The summed E-state index contributed by atoms with van der Waals surface area (Å²) < 4.78 is 78.7. The standard InChI is InChI=1S/C50H64ClN3O13S4/c1-49(2)42-35-39(52(26-11-31-68-66-64-56)27-12-32-69-67-65-57)19-23-43(42)53(29-13-33-70(58,59)60)45(49)24-17-36-14-10-15-37(48(36)51)18-25-46-50(3,4)47-41-21-20-40(71(61,62)63)34-38(41)16-22-44(47)54(46)28-8-6-5-7-9-30-55/h16-25,30,34-35H,5-15,26-29,31-33H2,1-4H3,(H3-,56,57,58,59,60,61,62,63)/p+1. The zero-order valence-electron chi connectivity index (χ0n) is 40.5. The number of carbonyl (C=O) groups is 1. The number of aldehydes is 1. The maximum Gasteiger partial charge on any atom is 0.294 e. The van der Waals surface area contributed by atoms with Crippen LogP contribution >= 0.6 is 35.7 Å². The molecule has 0 radical (unpaired) electrons. The zero-order valence-corrected chi connectivity index (χ0v) is 44.6. The predicted octanol–water partition coefficient (Wildman–Crippen LogP) is 11.5. The van der Waals surface area contributed by atoms with E-state index in [9.17, 15) is 30.7 Å². The van der Waals surface area contributed by atoms with Crippen LogP contribution in [-0.4, -0.2) is 96.5 Å². The van der Waals surface area contributed by atoms with E-state index in [4.69, 9.17) is 22.1 Å². The van der Waals surface area contributed by atoms with E-state index in [0.717, 1.165) is 138 Å². The molecule has 21 heteroatoms. The second-order valence-electron chi connectivity index (χ2n) is 18.9. The molecular formula is C50H65ClN3O13S4+. The van der Waals surface area contributed by atoms with E-state index in [1.54, 1.807) is 6.07 Å². The first-order chi connectivity index (χ1) is 33.8. The molecule has 0 bridgehead atoms. The Labute approximate surface area is 431 Å². The number of allylic oxidation sites excluding steroid dienone is 8. The van der Waals surface area contributed by atoms with Gasteiger partial charge in [0.05, 0.1) is 16.1 Å². The second kappa shape index (κ2) is 25.6. The highest BCUT2D eigenvalue weighted by Gasteiger charge is 2.45. The molecule has 0 saturated heterocycles. The summed E-state index contributed by atoms with van der Waals surface area (Å²) in [6.07, 6.45) is 17.6. The smallest absolute Gasteiger partial charge is 0.294 e. The van der Waals surface area contributed by atoms with Crippen molar-refractivity contribution in [3.8, 4) is 0 Å². The van der Waals surface area contributed by atoms with Gasteiger partial charge in [0, 0.05) is 113 Å². The fraction of sp³-hybridized carbons (Fsp3) is 0.480. The van der Waals surface area contributed by atoms with E-state index >= 15 is 0 Å². The van der Waals surface area contributed by atoms with Crippen LogP contribution in [0.1, 0.15) is 109 Å². The Morgan fingerprint density at radius 2 is 1.52 bits per heavy atom. The fourth-order valence-electron chi connectivity index (χ4n) is 10.0. The summed E-state index contributed by atoms with van der Waals surface area (Å²) in [6.45, 7) is 11.0. The van der Waals surface area contributed by atoms with Gasteiger partial charge in [-0.3, -0.25) is 9.11 Å². The molecule has 3 aromatic rings. The first kappa shape index (κ1) is 56.7. The molecular weight excluding hydrogens is 1010 g/mol. The number of hydrogen-bond acceptors (Lipinski definition) is 15. The van der Waals surface area contributed by atoms with Crippen molar-refractivity contribution in [1.29, 1.82) is 0 Å². The van der Waals surface area contributed by atoms with Crippen molar-refractivity contribution in [3.63, 3.8) is 0 Å². The van der Waals surface area contributed by atoms with Crippen molar-refractivity contribution in [2.24, 2.45) is 0 Å². The molecule has 0 amide bonds. The Kier molecular flexibility index (Phi) is 20.4. The van der Waals surface area contributed by atoms with Crippen molar-refractivity contribution >= 4 is 95.8 Å². The van der Waals surface area contributed by atoms with E-state index in [2.05, 4.69) is 91.2 Å². The molecule has 0 atom stereocenters. The summed E-state index contributed by atoms with van der Waals surface area (Å²) in [5, 5.41) is 26.9. The Balaban J connectivity index is 1.33. The largest absolute Gasteiger partial charge is 0.371 e. The van der Waals surface area contributed by atoms with E-state index in [-0.39, 0.29) is 17.1 Å². The van der Waals surface area contributed by atoms with Gasteiger partial charge in [0.25, 0.3) is 20.2 Å². The van der Waals surface area contributed by atoms with E-state index < -0.39 is 31.1 Å². The summed E-state index contributed by atoms with van der Waals surface area (Å²) in [6, 6.07) is 14.9. The second-order valence-corrected chi connectivity index (χ2v) is 23.8. The van der Waals surface area contributed by atoms with Gasteiger partial charge in [-0.25, -0.2) is 10.5 Å². The summed E-state index contributed by atoms with van der Waals surface area (Å²) in [5.74, 6) is 0.720. The van der Waals surface area contributed by atoms with Gasteiger partial charge >= 0.3 is 0 Å². The van der Waals surface area contributed by atoms with Gasteiger partial charge in [-0.15, -0.1) is 8.67 Å². The molecule has 388 valence electrons. The van der Waals surface area contributed by atoms with E-state index in [1.165, 1.54) is 12.1 Å². The SMILES string of the molecule is CC1(C)C(/C=C/C2=C(Cl)C(=C/C=C3/N(CCCCCCC=O)c4ccc5cc(S(=O)(=O)O)ccc5c4C3(C)C)/CCC2)=[N+](CCCS(=O)(=O)O)c2ccc(N(CCCSOOO)CCCSOOO)cc21. The Hall–Kier alpha value is -3.61. The van der Waals surface area contributed by atoms with Gasteiger partial charge < -0.3 is 14.6 Å². The van der Waals surface area contributed by atoms with Crippen LogP contribution in [0.15, 0.2) is 99.6 Å². The first-order valence-corrected chi connectivity index (χ1v) is 29.0. The first-order valence-electron chi connectivity index (χ1n) is 23.8. The van der Waals surface area contributed by atoms with Crippen LogP contribution in [-0.2, 0) is 54.6 Å². The minimum Gasteiger partial charge on any atom is -0.371 e.